The second kappa shape index (κ2) is 10.0. The van der Waals surface area contributed by atoms with Crippen LogP contribution >= 0.6 is 0 Å². The molecule has 0 amide bonds. The van der Waals surface area contributed by atoms with E-state index in [4.69, 9.17) is 24.4 Å². The van der Waals surface area contributed by atoms with Crippen LogP contribution < -0.4 is 0 Å². The van der Waals surface area contributed by atoms with E-state index >= 15 is 0 Å². The van der Waals surface area contributed by atoms with Gasteiger partial charge in [0, 0.05) is 33.5 Å². The Bertz CT molecular complexity index is 2870. The molecular formula is C42H24N4O. The topological polar surface area (TPSA) is 64.7 Å². The fourth-order valence-electron chi connectivity index (χ4n) is 6.85. The molecule has 3 heterocycles. The number of para-hydroxylation sites is 1. The predicted molar refractivity (Wildman–Crippen MR) is 191 cm³/mol. The Balaban J connectivity index is 1.26. The van der Waals surface area contributed by atoms with Gasteiger partial charge >= 0.3 is 0 Å². The van der Waals surface area contributed by atoms with Crippen LogP contribution in [0.15, 0.2) is 150 Å². The highest BCUT2D eigenvalue weighted by atomic mass is 16.3. The van der Waals surface area contributed by atoms with Crippen molar-refractivity contribution >= 4 is 65.2 Å². The van der Waals surface area contributed by atoms with Gasteiger partial charge in [-0.15, -0.1) is 0 Å². The van der Waals surface area contributed by atoms with Gasteiger partial charge in [0.1, 0.15) is 11.2 Å². The molecule has 0 atom stereocenters. The second-order valence-corrected chi connectivity index (χ2v) is 11.9. The van der Waals surface area contributed by atoms with Crippen molar-refractivity contribution in [2.45, 2.75) is 0 Å². The van der Waals surface area contributed by atoms with E-state index in [1.54, 1.807) is 0 Å². The predicted octanol–water partition coefficient (Wildman–Crippen LogP) is 10.8. The average Bonchev–Trinajstić information content (AvgIpc) is 3.54. The van der Waals surface area contributed by atoms with E-state index in [2.05, 4.69) is 109 Å². The van der Waals surface area contributed by atoms with Gasteiger partial charge in [-0.05, 0) is 62.6 Å². The van der Waals surface area contributed by atoms with Gasteiger partial charge < -0.3 is 4.42 Å². The van der Waals surface area contributed by atoms with Crippen LogP contribution in [-0.4, -0.2) is 19.9 Å². The zero-order chi connectivity index (χ0) is 30.9. The number of fused-ring (bicyclic) bond motifs is 9. The maximum atomic E-state index is 6.57. The van der Waals surface area contributed by atoms with Crippen molar-refractivity contribution in [3.63, 3.8) is 0 Å². The molecule has 0 spiro atoms. The van der Waals surface area contributed by atoms with Crippen LogP contribution in [0.2, 0.25) is 0 Å². The van der Waals surface area contributed by atoms with Crippen molar-refractivity contribution in [1.29, 1.82) is 0 Å². The molecule has 0 N–H and O–H groups in total. The number of hydrogen-bond acceptors (Lipinski definition) is 5. The zero-order valence-electron chi connectivity index (χ0n) is 25.1. The maximum absolute atomic E-state index is 6.57. The van der Waals surface area contributed by atoms with Crippen LogP contribution in [0.25, 0.3) is 99.3 Å². The fourth-order valence-corrected chi connectivity index (χ4v) is 6.85. The third-order valence-corrected chi connectivity index (χ3v) is 9.12. The molecule has 10 aromatic rings. The number of nitrogens with zero attached hydrogens (tertiary/aromatic N) is 4. The van der Waals surface area contributed by atoms with Gasteiger partial charge in [0.05, 0.1) is 11.1 Å². The van der Waals surface area contributed by atoms with Crippen LogP contribution in [0.3, 0.4) is 0 Å². The Hall–Kier alpha value is -6.46. The van der Waals surface area contributed by atoms with E-state index in [0.29, 0.717) is 17.5 Å². The van der Waals surface area contributed by atoms with Gasteiger partial charge in [-0.3, -0.25) is 4.98 Å². The first-order valence-corrected chi connectivity index (χ1v) is 15.6. The number of benzene rings is 7. The number of aromatic nitrogens is 4. The Morgan fingerprint density at radius 3 is 1.91 bits per heavy atom. The van der Waals surface area contributed by atoms with Crippen molar-refractivity contribution in [3.8, 4) is 34.2 Å². The minimum atomic E-state index is 0.536. The highest BCUT2D eigenvalue weighted by Crippen LogP contribution is 2.40. The molecular weight excluding hydrogens is 576 g/mol. The van der Waals surface area contributed by atoms with Crippen LogP contribution in [0.1, 0.15) is 0 Å². The summed E-state index contributed by atoms with van der Waals surface area (Å²) in [5.74, 6) is 1.73. The van der Waals surface area contributed by atoms with E-state index in [0.717, 1.165) is 65.7 Å². The lowest BCUT2D eigenvalue weighted by atomic mass is 10.00. The van der Waals surface area contributed by atoms with E-state index in [1.807, 2.05) is 36.5 Å². The monoisotopic (exact) mass is 600 g/mol. The van der Waals surface area contributed by atoms with Crippen molar-refractivity contribution in [3.05, 3.63) is 146 Å². The molecule has 218 valence electrons. The molecule has 5 nitrogen and oxygen atoms in total. The molecule has 0 aliphatic heterocycles. The van der Waals surface area contributed by atoms with Crippen molar-refractivity contribution in [2.75, 3.05) is 0 Å². The maximum Gasteiger partial charge on any atom is 0.167 e. The fraction of sp³-hybridized carbons (Fsp3) is 0. The largest absolute Gasteiger partial charge is 0.455 e. The van der Waals surface area contributed by atoms with E-state index in [9.17, 15) is 0 Å². The van der Waals surface area contributed by atoms with E-state index < -0.39 is 0 Å². The van der Waals surface area contributed by atoms with Gasteiger partial charge in [-0.25, -0.2) is 15.0 Å². The quantitative estimate of drug-likeness (QED) is 0.189. The summed E-state index contributed by atoms with van der Waals surface area (Å²) >= 11 is 0. The Labute approximate surface area is 268 Å². The first kappa shape index (κ1) is 25.8. The standard InChI is InChI=1S/C42H24N4O/c1-2-10-27-22-29(18-15-25(27)8-1)40-44-41(30-19-20-32-28(23-30)17-16-26-9-3-4-11-31(26)32)46-42(45-40)35-24-36-33(13-7-21-43-36)38-34-12-5-6-14-37(34)47-39(35)38/h1-24H. The minimum Gasteiger partial charge on any atom is -0.455 e. The van der Waals surface area contributed by atoms with Gasteiger partial charge in [0.25, 0.3) is 0 Å². The first-order chi connectivity index (χ1) is 23.3. The summed E-state index contributed by atoms with van der Waals surface area (Å²) in [5, 5.41) is 10.1. The number of hydrogen-bond donors (Lipinski definition) is 0. The van der Waals surface area contributed by atoms with Gasteiger partial charge in [-0.2, -0.15) is 0 Å². The third kappa shape index (κ3) is 4.10. The lowest BCUT2D eigenvalue weighted by Gasteiger charge is -2.11. The summed E-state index contributed by atoms with van der Waals surface area (Å²) in [6.07, 6.45) is 1.82. The molecule has 0 bridgehead atoms. The molecule has 47 heavy (non-hydrogen) atoms. The van der Waals surface area contributed by atoms with Gasteiger partial charge in [0.15, 0.2) is 17.5 Å². The van der Waals surface area contributed by atoms with Crippen molar-refractivity contribution < 1.29 is 4.42 Å². The average molecular weight is 601 g/mol. The van der Waals surface area contributed by atoms with E-state index in [1.165, 1.54) is 16.2 Å². The smallest absolute Gasteiger partial charge is 0.167 e. The summed E-state index contributed by atoms with van der Waals surface area (Å²) in [5.41, 5.74) is 5.01. The van der Waals surface area contributed by atoms with Crippen LogP contribution in [0.5, 0.6) is 0 Å². The molecule has 10 rings (SSSR count). The molecule has 0 saturated heterocycles. The van der Waals surface area contributed by atoms with Crippen LogP contribution in [0, 0.1) is 0 Å². The Morgan fingerprint density at radius 1 is 0.426 bits per heavy atom. The lowest BCUT2D eigenvalue weighted by molar-refractivity contribution is 0.669. The molecule has 5 heteroatoms. The molecule has 3 aromatic heterocycles. The minimum absolute atomic E-state index is 0.536. The summed E-state index contributed by atoms with van der Waals surface area (Å²) in [6.45, 7) is 0. The van der Waals surface area contributed by atoms with E-state index in [-0.39, 0.29) is 0 Å². The summed E-state index contributed by atoms with van der Waals surface area (Å²) in [6, 6.07) is 48.1. The molecule has 0 radical (unpaired) electrons. The van der Waals surface area contributed by atoms with Crippen LogP contribution in [0.4, 0.5) is 0 Å². The zero-order valence-corrected chi connectivity index (χ0v) is 25.1. The second-order valence-electron chi connectivity index (χ2n) is 11.9. The van der Waals surface area contributed by atoms with Crippen molar-refractivity contribution in [2.24, 2.45) is 0 Å². The summed E-state index contributed by atoms with van der Waals surface area (Å²) in [4.78, 5) is 20.1. The van der Waals surface area contributed by atoms with Gasteiger partial charge in [-0.1, -0.05) is 109 Å². The number of furan rings is 1. The number of pyridine rings is 1. The molecule has 0 aliphatic rings. The molecule has 0 fully saturated rings. The summed E-state index contributed by atoms with van der Waals surface area (Å²) < 4.78 is 6.57. The first-order valence-electron chi connectivity index (χ1n) is 15.6. The lowest BCUT2D eigenvalue weighted by Crippen LogP contribution is -2.01. The Kier molecular flexibility index (Phi) is 5.51. The van der Waals surface area contributed by atoms with Gasteiger partial charge in [0.2, 0.25) is 0 Å². The molecule has 0 aliphatic carbocycles. The summed E-state index contributed by atoms with van der Waals surface area (Å²) in [7, 11) is 0. The highest BCUT2D eigenvalue weighted by Gasteiger charge is 2.21. The van der Waals surface area contributed by atoms with Crippen molar-refractivity contribution in [1.82, 2.24) is 19.9 Å². The van der Waals surface area contributed by atoms with Crippen LogP contribution in [-0.2, 0) is 0 Å². The molecule has 7 aromatic carbocycles. The Morgan fingerprint density at radius 2 is 1.04 bits per heavy atom. The number of rotatable bonds is 3. The molecule has 0 unspecified atom stereocenters. The SMILES string of the molecule is c1ccc2cc(-c3nc(-c4ccc5c(ccc6ccccc65)c4)nc(-c4cc5ncccc5c5c4oc4ccccc45)n3)ccc2c1. The highest BCUT2D eigenvalue weighted by molar-refractivity contribution is 6.21. The normalized spacial score (nSPS) is 11.8. The third-order valence-electron chi connectivity index (χ3n) is 9.12. The molecule has 0 saturated carbocycles.